The molecule has 4 heteroatoms. The summed E-state index contributed by atoms with van der Waals surface area (Å²) < 4.78 is 26.4. The fourth-order valence-electron chi connectivity index (χ4n) is 2.02. The first-order chi connectivity index (χ1) is 8.36. The third-order valence-electron chi connectivity index (χ3n) is 3.57. The molecule has 0 aliphatic carbocycles. The highest BCUT2D eigenvalue weighted by Crippen LogP contribution is 2.28. The Morgan fingerprint density at radius 1 is 1.11 bits per heavy atom. The fourth-order valence-corrected chi connectivity index (χ4v) is 2.02. The van der Waals surface area contributed by atoms with Gasteiger partial charge in [-0.2, -0.15) is 0 Å². The second-order valence-electron chi connectivity index (χ2n) is 5.14. The Hall–Kier alpha value is -1.00. The monoisotopic (exact) mass is 257 g/mol. The summed E-state index contributed by atoms with van der Waals surface area (Å²) in [6.45, 7) is 6.05. The van der Waals surface area contributed by atoms with Crippen LogP contribution >= 0.6 is 0 Å². The lowest BCUT2D eigenvalue weighted by molar-refractivity contribution is 0.0682. The second-order valence-corrected chi connectivity index (χ2v) is 5.14. The van der Waals surface area contributed by atoms with Crippen LogP contribution in [0.5, 0.6) is 0 Å². The third-order valence-corrected chi connectivity index (χ3v) is 3.57. The van der Waals surface area contributed by atoms with Crippen LogP contribution < -0.4 is 5.73 Å². The highest BCUT2D eigenvalue weighted by Gasteiger charge is 2.27. The molecule has 102 valence electrons. The second kappa shape index (κ2) is 6.25. The van der Waals surface area contributed by atoms with Gasteiger partial charge in [-0.3, -0.25) is 0 Å². The number of halogens is 2. The fraction of sp³-hybridized carbons (Fsp3) is 0.571. The summed E-state index contributed by atoms with van der Waals surface area (Å²) in [5.74, 6) is -1.47. The minimum absolute atomic E-state index is 0.00452. The van der Waals surface area contributed by atoms with Gasteiger partial charge in [0.2, 0.25) is 0 Å². The molecule has 0 amide bonds. The Morgan fingerprint density at radius 3 is 2.00 bits per heavy atom. The lowest BCUT2D eigenvalue weighted by Crippen LogP contribution is -2.33. The number of aliphatic hydroxyl groups is 1. The van der Waals surface area contributed by atoms with Gasteiger partial charge in [0, 0.05) is 18.5 Å². The topological polar surface area (TPSA) is 46.2 Å². The molecule has 2 nitrogen and oxygen atoms in total. The zero-order valence-corrected chi connectivity index (χ0v) is 11.0. The summed E-state index contributed by atoms with van der Waals surface area (Å²) in [4.78, 5) is 0. The quantitative estimate of drug-likeness (QED) is 0.852. The standard InChI is InChI=1S/C14H21F2NO/c1-8(2)9(3)14(18)13(7-17)10-4-11(15)6-12(16)5-10/h4-6,8-9,13-14,18H,7,17H2,1-3H3. The summed E-state index contributed by atoms with van der Waals surface area (Å²) in [6, 6.07) is 3.28. The van der Waals surface area contributed by atoms with Gasteiger partial charge in [-0.15, -0.1) is 0 Å². The minimum atomic E-state index is -0.712. The molecule has 3 atom stereocenters. The highest BCUT2D eigenvalue weighted by molar-refractivity contribution is 5.23. The SMILES string of the molecule is CC(C)C(C)C(O)C(CN)c1cc(F)cc(F)c1. The van der Waals surface area contributed by atoms with Crippen LogP contribution in [-0.4, -0.2) is 17.8 Å². The van der Waals surface area contributed by atoms with Crippen molar-refractivity contribution in [1.29, 1.82) is 0 Å². The van der Waals surface area contributed by atoms with Crippen LogP contribution in [0.3, 0.4) is 0 Å². The van der Waals surface area contributed by atoms with Crippen molar-refractivity contribution in [3.05, 3.63) is 35.4 Å². The first-order valence-electron chi connectivity index (χ1n) is 6.21. The average Bonchev–Trinajstić information content (AvgIpc) is 2.27. The van der Waals surface area contributed by atoms with Crippen LogP contribution in [0, 0.1) is 23.5 Å². The van der Waals surface area contributed by atoms with Crippen LogP contribution in [-0.2, 0) is 0 Å². The first-order valence-corrected chi connectivity index (χ1v) is 6.21. The van der Waals surface area contributed by atoms with E-state index in [1.807, 2.05) is 20.8 Å². The van der Waals surface area contributed by atoms with Gasteiger partial charge in [-0.25, -0.2) is 8.78 Å². The predicted molar refractivity (Wildman–Crippen MR) is 68.2 cm³/mol. The van der Waals surface area contributed by atoms with Crippen molar-refractivity contribution < 1.29 is 13.9 Å². The third kappa shape index (κ3) is 3.50. The maximum absolute atomic E-state index is 13.2. The zero-order chi connectivity index (χ0) is 13.9. The van der Waals surface area contributed by atoms with Gasteiger partial charge in [-0.1, -0.05) is 20.8 Å². The minimum Gasteiger partial charge on any atom is -0.392 e. The molecular formula is C14H21F2NO. The molecule has 0 aliphatic rings. The van der Waals surface area contributed by atoms with Crippen molar-refractivity contribution in [3.63, 3.8) is 0 Å². The molecular weight excluding hydrogens is 236 g/mol. The zero-order valence-electron chi connectivity index (χ0n) is 11.0. The van der Waals surface area contributed by atoms with Crippen molar-refractivity contribution in [2.24, 2.45) is 17.6 Å². The van der Waals surface area contributed by atoms with Crippen LogP contribution in [0.2, 0.25) is 0 Å². The Kier molecular flexibility index (Phi) is 5.23. The van der Waals surface area contributed by atoms with Gasteiger partial charge in [0.15, 0.2) is 0 Å². The summed E-state index contributed by atoms with van der Waals surface area (Å²) in [7, 11) is 0. The van der Waals surface area contributed by atoms with E-state index in [0.717, 1.165) is 6.07 Å². The molecule has 0 heterocycles. The van der Waals surface area contributed by atoms with Crippen molar-refractivity contribution in [3.8, 4) is 0 Å². The van der Waals surface area contributed by atoms with Gasteiger partial charge in [0.25, 0.3) is 0 Å². The smallest absolute Gasteiger partial charge is 0.126 e. The Balaban J connectivity index is 3.01. The molecule has 0 saturated heterocycles. The predicted octanol–water partition coefficient (Wildman–Crippen LogP) is 2.66. The van der Waals surface area contributed by atoms with Gasteiger partial charge < -0.3 is 10.8 Å². The number of nitrogens with two attached hydrogens (primary N) is 1. The molecule has 0 fully saturated rings. The largest absolute Gasteiger partial charge is 0.392 e. The van der Waals surface area contributed by atoms with Gasteiger partial charge >= 0.3 is 0 Å². The van der Waals surface area contributed by atoms with Crippen LogP contribution in [0.25, 0.3) is 0 Å². The summed E-state index contributed by atoms with van der Waals surface area (Å²) in [6.07, 6.45) is -0.712. The number of rotatable bonds is 5. The summed E-state index contributed by atoms with van der Waals surface area (Å²) in [5, 5.41) is 10.3. The Labute approximate surface area is 107 Å². The van der Waals surface area contributed by atoms with Gasteiger partial charge in [-0.05, 0) is 29.5 Å². The number of benzene rings is 1. The Bertz CT molecular complexity index is 375. The van der Waals surface area contributed by atoms with E-state index in [0.29, 0.717) is 5.56 Å². The van der Waals surface area contributed by atoms with E-state index in [4.69, 9.17) is 5.73 Å². The van der Waals surface area contributed by atoms with Crippen LogP contribution in [0.4, 0.5) is 8.78 Å². The molecule has 0 aliphatic heterocycles. The highest BCUT2D eigenvalue weighted by atomic mass is 19.1. The molecule has 1 aromatic carbocycles. The van der Waals surface area contributed by atoms with E-state index in [1.54, 1.807) is 0 Å². The van der Waals surface area contributed by atoms with Crippen molar-refractivity contribution in [2.45, 2.75) is 32.8 Å². The van der Waals surface area contributed by atoms with Crippen molar-refractivity contribution >= 4 is 0 Å². The van der Waals surface area contributed by atoms with E-state index >= 15 is 0 Å². The van der Waals surface area contributed by atoms with E-state index in [1.165, 1.54) is 12.1 Å². The van der Waals surface area contributed by atoms with Crippen molar-refractivity contribution in [2.75, 3.05) is 6.54 Å². The van der Waals surface area contributed by atoms with Gasteiger partial charge in [0.1, 0.15) is 11.6 Å². The van der Waals surface area contributed by atoms with Gasteiger partial charge in [0.05, 0.1) is 6.10 Å². The van der Waals surface area contributed by atoms with E-state index in [9.17, 15) is 13.9 Å². The summed E-state index contributed by atoms with van der Waals surface area (Å²) >= 11 is 0. The average molecular weight is 257 g/mol. The maximum atomic E-state index is 13.2. The Morgan fingerprint density at radius 2 is 1.61 bits per heavy atom. The number of hydrogen-bond acceptors (Lipinski definition) is 2. The molecule has 0 radical (unpaired) electrons. The van der Waals surface area contributed by atoms with E-state index < -0.39 is 23.7 Å². The maximum Gasteiger partial charge on any atom is 0.126 e. The van der Waals surface area contributed by atoms with E-state index in [-0.39, 0.29) is 18.4 Å². The first kappa shape index (κ1) is 15.1. The molecule has 0 bridgehead atoms. The lowest BCUT2D eigenvalue weighted by Gasteiger charge is -2.29. The molecule has 1 rings (SSSR count). The molecule has 0 saturated carbocycles. The van der Waals surface area contributed by atoms with Crippen molar-refractivity contribution in [1.82, 2.24) is 0 Å². The molecule has 3 N–H and O–H groups in total. The molecule has 18 heavy (non-hydrogen) atoms. The number of hydrogen-bond donors (Lipinski definition) is 2. The molecule has 0 spiro atoms. The van der Waals surface area contributed by atoms with E-state index in [2.05, 4.69) is 0 Å². The summed E-state index contributed by atoms with van der Waals surface area (Å²) in [5.41, 5.74) is 6.05. The van der Waals surface area contributed by atoms with Crippen LogP contribution in [0.15, 0.2) is 18.2 Å². The number of aliphatic hydroxyl groups excluding tert-OH is 1. The van der Waals surface area contributed by atoms with Crippen LogP contribution in [0.1, 0.15) is 32.3 Å². The normalized spacial score (nSPS) is 16.7. The molecule has 3 unspecified atom stereocenters. The molecule has 1 aromatic rings. The lowest BCUT2D eigenvalue weighted by atomic mass is 9.81. The molecule has 0 aromatic heterocycles.